The molecular weight excluding hydrogens is 325 g/mol. The highest BCUT2D eigenvalue weighted by Gasteiger charge is 2.42. The summed E-state index contributed by atoms with van der Waals surface area (Å²) in [6, 6.07) is 3.92. The van der Waals surface area contributed by atoms with Crippen LogP contribution < -0.4 is 4.90 Å². The van der Waals surface area contributed by atoms with Gasteiger partial charge in [0, 0.05) is 11.9 Å². The number of anilines is 1. The monoisotopic (exact) mass is 339 g/mol. The molecule has 0 spiro atoms. The van der Waals surface area contributed by atoms with Gasteiger partial charge >= 0.3 is 0 Å². The molecule has 2 aliphatic rings. The summed E-state index contributed by atoms with van der Waals surface area (Å²) in [5, 5.41) is 0.794. The number of ketones is 1. The quantitative estimate of drug-likeness (QED) is 0.625. The van der Waals surface area contributed by atoms with Crippen molar-refractivity contribution in [3.63, 3.8) is 0 Å². The molecule has 0 atom stereocenters. The lowest BCUT2D eigenvalue weighted by atomic mass is 9.88. The molecule has 1 heterocycles. The van der Waals surface area contributed by atoms with Gasteiger partial charge < -0.3 is 4.90 Å². The molecule has 1 aromatic carbocycles. The van der Waals surface area contributed by atoms with Crippen LogP contribution in [0.15, 0.2) is 18.2 Å². The number of rotatable bonds is 3. The van der Waals surface area contributed by atoms with Gasteiger partial charge in [-0.2, -0.15) is 0 Å². The highest BCUT2D eigenvalue weighted by molar-refractivity contribution is 9.09. The number of carbonyl (C=O) groups excluding carboxylic acids is 2. The molecule has 5 heteroatoms. The van der Waals surface area contributed by atoms with Crippen molar-refractivity contribution in [1.82, 2.24) is 0 Å². The summed E-state index contributed by atoms with van der Waals surface area (Å²) < 4.78 is 13.4. The Balaban J connectivity index is 1.96. The smallest absolute Gasteiger partial charge is 0.299 e. The number of nitrogens with zero attached hydrogens (tertiary/aromatic N) is 1. The number of fused-ring (bicyclic) bond motifs is 1. The van der Waals surface area contributed by atoms with Gasteiger partial charge in [-0.3, -0.25) is 9.59 Å². The third-order valence-corrected chi connectivity index (χ3v) is 5.57. The Hall–Kier alpha value is -1.23. The van der Waals surface area contributed by atoms with E-state index in [0.717, 1.165) is 31.0 Å². The Morgan fingerprint density at radius 1 is 1.25 bits per heavy atom. The first kappa shape index (κ1) is 13.7. The summed E-state index contributed by atoms with van der Waals surface area (Å²) in [5.41, 5.74) is 0.746. The first-order valence-corrected chi connectivity index (χ1v) is 7.90. The highest BCUT2D eigenvalue weighted by Crippen LogP contribution is 2.42. The van der Waals surface area contributed by atoms with Crippen molar-refractivity contribution in [2.75, 3.05) is 16.8 Å². The predicted molar refractivity (Wildman–Crippen MR) is 77.8 cm³/mol. The molecule has 0 saturated heterocycles. The van der Waals surface area contributed by atoms with Crippen LogP contribution in [0.4, 0.5) is 10.1 Å². The van der Waals surface area contributed by atoms with Gasteiger partial charge in [-0.1, -0.05) is 28.8 Å². The third-order valence-electron chi connectivity index (χ3n) is 4.38. The number of halogens is 2. The van der Waals surface area contributed by atoms with Crippen LogP contribution in [0.25, 0.3) is 0 Å². The van der Waals surface area contributed by atoms with Crippen molar-refractivity contribution in [2.24, 2.45) is 5.41 Å². The second kappa shape index (κ2) is 4.95. The third kappa shape index (κ3) is 2.08. The topological polar surface area (TPSA) is 37.4 Å². The van der Waals surface area contributed by atoms with Gasteiger partial charge in [0.2, 0.25) is 0 Å². The Bertz CT molecular complexity index is 581. The number of carbonyl (C=O) groups is 2. The van der Waals surface area contributed by atoms with E-state index < -0.39 is 17.5 Å². The lowest BCUT2D eigenvalue weighted by Crippen LogP contribution is -2.40. The van der Waals surface area contributed by atoms with E-state index in [-0.39, 0.29) is 5.41 Å². The maximum atomic E-state index is 13.4. The van der Waals surface area contributed by atoms with Gasteiger partial charge in [0.15, 0.2) is 0 Å². The average Bonchev–Trinajstić information content (AvgIpc) is 3.00. The van der Waals surface area contributed by atoms with Crippen LogP contribution in [-0.4, -0.2) is 23.6 Å². The summed E-state index contributed by atoms with van der Waals surface area (Å²) in [6.45, 7) is 0.485. The number of benzene rings is 1. The normalized spacial score (nSPS) is 20.6. The van der Waals surface area contributed by atoms with Gasteiger partial charge in [0.25, 0.3) is 11.7 Å². The number of alkyl halides is 1. The number of hydrogen-bond acceptors (Lipinski definition) is 2. The van der Waals surface area contributed by atoms with E-state index in [1.807, 2.05) is 0 Å². The molecule has 0 radical (unpaired) electrons. The SMILES string of the molecule is O=C1C(=O)N(CC2(CBr)CCCC2)c2cc(F)ccc21. The van der Waals surface area contributed by atoms with E-state index in [1.165, 1.54) is 23.1 Å². The van der Waals surface area contributed by atoms with Gasteiger partial charge in [-0.15, -0.1) is 0 Å². The zero-order valence-corrected chi connectivity index (χ0v) is 12.6. The minimum Gasteiger partial charge on any atom is -0.304 e. The fraction of sp³-hybridized carbons (Fsp3) is 0.467. The highest BCUT2D eigenvalue weighted by atomic mass is 79.9. The molecule has 1 amide bonds. The number of Topliss-reactive ketones (excluding diaryl/α,β-unsaturated/α-hetero) is 1. The Morgan fingerprint density at radius 3 is 2.60 bits per heavy atom. The maximum absolute atomic E-state index is 13.4. The van der Waals surface area contributed by atoms with Crippen LogP contribution in [0.2, 0.25) is 0 Å². The fourth-order valence-electron chi connectivity index (χ4n) is 3.22. The van der Waals surface area contributed by atoms with Crippen molar-refractivity contribution in [2.45, 2.75) is 25.7 Å². The van der Waals surface area contributed by atoms with Crippen molar-refractivity contribution in [3.8, 4) is 0 Å². The fourth-order valence-corrected chi connectivity index (χ4v) is 3.96. The lowest BCUT2D eigenvalue weighted by Gasteiger charge is -2.31. The molecule has 3 nitrogen and oxygen atoms in total. The van der Waals surface area contributed by atoms with Crippen LogP contribution in [0.3, 0.4) is 0 Å². The molecule has 20 heavy (non-hydrogen) atoms. The molecule has 0 bridgehead atoms. The van der Waals surface area contributed by atoms with Gasteiger partial charge in [-0.05, 0) is 36.5 Å². The lowest BCUT2D eigenvalue weighted by molar-refractivity contribution is -0.114. The number of hydrogen-bond donors (Lipinski definition) is 0. The van der Waals surface area contributed by atoms with Crippen LogP contribution in [0.1, 0.15) is 36.0 Å². The van der Waals surface area contributed by atoms with Crippen molar-refractivity contribution in [1.29, 1.82) is 0 Å². The molecule has 1 aromatic rings. The minimum atomic E-state index is -0.530. The van der Waals surface area contributed by atoms with Crippen molar-refractivity contribution < 1.29 is 14.0 Å². The zero-order chi connectivity index (χ0) is 14.3. The summed E-state index contributed by atoms with van der Waals surface area (Å²) in [6.07, 6.45) is 4.33. The van der Waals surface area contributed by atoms with Crippen LogP contribution in [0.5, 0.6) is 0 Å². The number of amides is 1. The summed E-state index contributed by atoms with van der Waals surface area (Å²) in [4.78, 5) is 25.6. The van der Waals surface area contributed by atoms with E-state index in [9.17, 15) is 14.0 Å². The van der Waals surface area contributed by atoms with Crippen molar-refractivity contribution >= 4 is 33.3 Å². The largest absolute Gasteiger partial charge is 0.304 e. The first-order valence-electron chi connectivity index (χ1n) is 6.78. The Morgan fingerprint density at radius 2 is 1.95 bits per heavy atom. The van der Waals surface area contributed by atoms with Crippen LogP contribution in [0, 0.1) is 11.2 Å². The van der Waals surface area contributed by atoms with Gasteiger partial charge in [0.05, 0.1) is 11.3 Å². The predicted octanol–water partition coefficient (Wildman–Crippen LogP) is 3.31. The molecule has 1 fully saturated rings. The molecule has 0 N–H and O–H groups in total. The second-order valence-electron chi connectivity index (χ2n) is 5.72. The molecule has 1 aliphatic heterocycles. The summed E-state index contributed by atoms with van der Waals surface area (Å²) >= 11 is 3.53. The summed E-state index contributed by atoms with van der Waals surface area (Å²) in [7, 11) is 0. The Kier molecular flexibility index (Phi) is 3.40. The van der Waals surface area contributed by atoms with E-state index in [4.69, 9.17) is 0 Å². The first-order chi connectivity index (χ1) is 9.56. The van der Waals surface area contributed by atoms with E-state index in [0.29, 0.717) is 17.8 Å². The minimum absolute atomic E-state index is 0.00384. The standard InChI is InChI=1S/C15H15BrFNO2/c16-8-15(5-1-2-6-15)9-18-12-7-10(17)3-4-11(12)13(19)14(18)20/h3-4,7H,1-2,5-6,8-9H2. The molecule has 1 aliphatic carbocycles. The molecule has 106 valence electrons. The van der Waals surface area contributed by atoms with Gasteiger partial charge in [-0.25, -0.2) is 4.39 Å². The second-order valence-corrected chi connectivity index (χ2v) is 6.28. The van der Waals surface area contributed by atoms with E-state index >= 15 is 0 Å². The van der Waals surface area contributed by atoms with E-state index in [2.05, 4.69) is 15.9 Å². The molecule has 0 unspecified atom stereocenters. The molecule has 1 saturated carbocycles. The van der Waals surface area contributed by atoms with Crippen LogP contribution in [-0.2, 0) is 4.79 Å². The van der Waals surface area contributed by atoms with E-state index in [1.54, 1.807) is 0 Å². The average molecular weight is 340 g/mol. The molecule has 0 aromatic heterocycles. The maximum Gasteiger partial charge on any atom is 0.299 e. The van der Waals surface area contributed by atoms with Crippen molar-refractivity contribution in [3.05, 3.63) is 29.6 Å². The zero-order valence-electron chi connectivity index (χ0n) is 11.0. The Labute approximate surface area is 125 Å². The molecule has 3 rings (SSSR count). The van der Waals surface area contributed by atoms with Crippen LogP contribution >= 0.6 is 15.9 Å². The molecular formula is C15H15BrFNO2. The summed E-state index contributed by atoms with van der Waals surface area (Å²) in [5.74, 6) is -1.48. The van der Waals surface area contributed by atoms with Gasteiger partial charge in [0.1, 0.15) is 5.82 Å².